The quantitative estimate of drug-likeness (QED) is 0.587. The molecule has 1 atom stereocenters. The molecule has 1 saturated heterocycles. The SMILES string of the molecule is COc1ccc(-c2cc(NC(=O)COc3ccccc3C)n(C3CCS(=O)(=O)C3)n2)cc1. The lowest BCUT2D eigenvalue weighted by Gasteiger charge is -2.14. The van der Waals surface area contributed by atoms with E-state index in [9.17, 15) is 13.2 Å². The molecule has 9 heteroatoms. The number of ether oxygens (including phenoxy) is 2. The molecule has 0 bridgehead atoms. The van der Waals surface area contributed by atoms with Crippen LogP contribution in [0.5, 0.6) is 11.5 Å². The van der Waals surface area contributed by atoms with Gasteiger partial charge in [0.2, 0.25) is 0 Å². The van der Waals surface area contributed by atoms with Crippen LogP contribution in [0.15, 0.2) is 54.6 Å². The Bertz CT molecular complexity index is 1220. The maximum Gasteiger partial charge on any atom is 0.263 e. The maximum absolute atomic E-state index is 12.6. The van der Waals surface area contributed by atoms with E-state index in [4.69, 9.17) is 9.47 Å². The summed E-state index contributed by atoms with van der Waals surface area (Å²) in [5.74, 6) is 1.56. The van der Waals surface area contributed by atoms with E-state index in [0.717, 1.165) is 16.9 Å². The molecule has 168 valence electrons. The number of amides is 1. The third kappa shape index (κ3) is 4.94. The monoisotopic (exact) mass is 455 g/mol. The molecule has 1 N–H and O–H groups in total. The average Bonchev–Trinajstić information content (AvgIpc) is 3.36. The molecular weight excluding hydrogens is 430 g/mol. The normalized spacial score (nSPS) is 17.1. The first-order valence-corrected chi connectivity index (χ1v) is 12.1. The summed E-state index contributed by atoms with van der Waals surface area (Å²) < 4.78 is 36.5. The Morgan fingerprint density at radius 2 is 1.94 bits per heavy atom. The van der Waals surface area contributed by atoms with E-state index < -0.39 is 9.84 Å². The molecule has 1 fully saturated rings. The number of hydrogen-bond acceptors (Lipinski definition) is 6. The van der Waals surface area contributed by atoms with Crippen molar-refractivity contribution in [3.63, 3.8) is 0 Å². The minimum atomic E-state index is -3.12. The Kier molecular flexibility index (Phi) is 6.18. The zero-order valence-corrected chi connectivity index (χ0v) is 18.8. The molecule has 3 aromatic rings. The number of aromatic nitrogens is 2. The van der Waals surface area contributed by atoms with Gasteiger partial charge in [-0.3, -0.25) is 4.79 Å². The van der Waals surface area contributed by atoms with Crippen molar-refractivity contribution in [1.82, 2.24) is 9.78 Å². The third-order valence-electron chi connectivity index (χ3n) is 5.40. The molecular formula is C23H25N3O5S. The number of rotatable bonds is 7. The molecule has 1 unspecified atom stereocenters. The first-order chi connectivity index (χ1) is 15.3. The van der Waals surface area contributed by atoms with Crippen molar-refractivity contribution >= 4 is 21.6 Å². The topological polar surface area (TPSA) is 99.5 Å². The van der Waals surface area contributed by atoms with E-state index in [1.165, 1.54) is 0 Å². The van der Waals surface area contributed by atoms with Crippen LogP contribution in [0.2, 0.25) is 0 Å². The predicted molar refractivity (Wildman–Crippen MR) is 122 cm³/mol. The van der Waals surface area contributed by atoms with Crippen LogP contribution in [0, 0.1) is 6.92 Å². The van der Waals surface area contributed by atoms with Crippen molar-refractivity contribution in [1.29, 1.82) is 0 Å². The second-order valence-corrected chi connectivity index (χ2v) is 9.98. The van der Waals surface area contributed by atoms with Crippen molar-refractivity contribution in [3.8, 4) is 22.8 Å². The summed E-state index contributed by atoms with van der Waals surface area (Å²) in [5.41, 5.74) is 2.40. The number of hydrogen-bond donors (Lipinski definition) is 1. The van der Waals surface area contributed by atoms with E-state index in [2.05, 4.69) is 10.4 Å². The molecule has 1 amide bonds. The van der Waals surface area contributed by atoms with Gasteiger partial charge in [-0.05, 0) is 49.2 Å². The fourth-order valence-corrected chi connectivity index (χ4v) is 5.37. The lowest BCUT2D eigenvalue weighted by molar-refractivity contribution is -0.118. The summed E-state index contributed by atoms with van der Waals surface area (Å²) in [6.45, 7) is 1.74. The van der Waals surface area contributed by atoms with Crippen LogP contribution in [0.1, 0.15) is 18.0 Å². The molecule has 1 aliphatic heterocycles. The van der Waals surface area contributed by atoms with Gasteiger partial charge in [-0.1, -0.05) is 18.2 Å². The molecule has 1 aromatic heterocycles. The molecule has 2 heterocycles. The van der Waals surface area contributed by atoms with Gasteiger partial charge in [0.05, 0.1) is 30.4 Å². The summed E-state index contributed by atoms with van der Waals surface area (Å²) in [6.07, 6.45) is 0.453. The van der Waals surface area contributed by atoms with Gasteiger partial charge in [0.15, 0.2) is 16.4 Å². The Morgan fingerprint density at radius 3 is 2.59 bits per heavy atom. The van der Waals surface area contributed by atoms with Gasteiger partial charge in [0, 0.05) is 11.6 Å². The van der Waals surface area contributed by atoms with Crippen molar-refractivity contribution in [2.45, 2.75) is 19.4 Å². The molecule has 2 aromatic carbocycles. The number of nitrogens with one attached hydrogen (secondary N) is 1. The minimum absolute atomic E-state index is 0.000681. The molecule has 0 saturated carbocycles. The first kappa shape index (κ1) is 21.9. The van der Waals surface area contributed by atoms with Crippen LogP contribution < -0.4 is 14.8 Å². The van der Waals surface area contributed by atoms with E-state index >= 15 is 0 Å². The summed E-state index contributed by atoms with van der Waals surface area (Å²) in [7, 11) is -1.52. The molecule has 4 rings (SSSR count). The van der Waals surface area contributed by atoms with E-state index in [1.54, 1.807) is 23.9 Å². The molecule has 0 spiro atoms. The number of carbonyl (C=O) groups is 1. The fourth-order valence-electron chi connectivity index (χ4n) is 3.68. The standard InChI is InChI=1S/C23H25N3O5S/c1-16-5-3-4-6-21(16)31-14-23(27)24-22-13-20(17-7-9-19(30-2)10-8-17)25-26(22)18-11-12-32(28,29)15-18/h3-10,13,18H,11-12,14-15H2,1-2H3,(H,24,27). The Balaban J connectivity index is 1.56. The Morgan fingerprint density at radius 1 is 1.19 bits per heavy atom. The lowest BCUT2D eigenvalue weighted by Crippen LogP contribution is -2.24. The lowest BCUT2D eigenvalue weighted by atomic mass is 10.1. The van der Waals surface area contributed by atoms with Crippen LogP contribution in [0.3, 0.4) is 0 Å². The Hall–Kier alpha value is -3.33. The highest BCUT2D eigenvalue weighted by Crippen LogP contribution is 2.31. The molecule has 8 nitrogen and oxygen atoms in total. The van der Waals surface area contributed by atoms with Gasteiger partial charge >= 0.3 is 0 Å². The maximum atomic E-state index is 12.6. The molecule has 0 aliphatic carbocycles. The van der Waals surface area contributed by atoms with Gasteiger partial charge < -0.3 is 14.8 Å². The number of anilines is 1. The van der Waals surface area contributed by atoms with E-state index in [1.807, 2.05) is 49.4 Å². The average molecular weight is 456 g/mol. The number of sulfone groups is 1. The molecule has 1 aliphatic rings. The van der Waals surface area contributed by atoms with Crippen LogP contribution in [-0.2, 0) is 14.6 Å². The highest BCUT2D eigenvalue weighted by Gasteiger charge is 2.31. The number of carbonyl (C=O) groups excluding carboxylic acids is 1. The summed E-state index contributed by atoms with van der Waals surface area (Å²) in [5, 5.41) is 7.46. The van der Waals surface area contributed by atoms with Crippen LogP contribution in [-0.4, -0.2) is 49.3 Å². The first-order valence-electron chi connectivity index (χ1n) is 10.3. The van der Waals surface area contributed by atoms with Crippen molar-refractivity contribution < 1.29 is 22.7 Å². The van der Waals surface area contributed by atoms with Crippen molar-refractivity contribution in [2.75, 3.05) is 30.5 Å². The van der Waals surface area contributed by atoms with Gasteiger partial charge in [-0.15, -0.1) is 0 Å². The highest BCUT2D eigenvalue weighted by molar-refractivity contribution is 7.91. The minimum Gasteiger partial charge on any atom is -0.497 e. The van der Waals surface area contributed by atoms with Crippen LogP contribution in [0.25, 0.3) is 11.3 Å². The van der Waals surface area contributed by atoms with Crippen molar-refractivity contribution in [3.05, 3.63) is 60.2 Å². The second kappa shape index (κ2) is 9.04. The number of benzene rings is 2. The zero-order valence-electron chi connectivity index (χ0n) is 17.9. The highest BCUT2D eigenvalue weighted by atomic mass is 32.2. The largest absolute Gasteiger partial charge is 0.497 e. The van der Waals surface area contributed by atoms with Crippen LogP contribution >= 0.6 is 0 Å². The van der Waals surface area contributed by atoms with E-state index in [0.29, 0.717) is 23.7 Å². The van der Waals surface area contributed by atoms with Crippen LogP contribution in [0.4, 0.5) is 5.82 Å². The smallest absolute Gasteiger partial charge is 0.263 e. The fraction of sp³-hybridized carbons (Fsp3) is 0.304. The molecule has 32 heavy (non-hydrogen) atoms. The number of para-hydroxylation sites is 1. The predicted octanol–water partition coefficient (Wildman–Crippen LogP) is 3.24. The number of nitrogens with zero attached hydrogens (tertiary/aromatic N) is 2. The number of methoxy groups -OCH3 is 1. The molecule has 0 radical (unpaired) electrons. The van der Waals surface area contributed by atoms with Gasteiger partial charge in [0.1, 0.15) is 17.3 Å². The summed E-state index contributed by atoms with van der Waals surface area (Å²) >= 11 is 0. The van der Waals surface area contributed by atoms with Gasteiger partial charge in [0.25, 0.3) is 5.91 Å². The summed E-state index contributed by atoms with van der Waals surface area (Å²) in [4.78, 5) is 12.6. The second-order valence-electron chi connectivity index (χ2n) is 7.75. The zero-order chi connectivity index (χ0) is 22.7. The van der Waals surface area contributed by atoms with Crippen molar-refractivity contribution in [2.24, 2.45) is 0 Å². The third-order valence-corrected chi connectivity index (χ3v) is 7.15. The van der Waals surface area contributed by atoms with E-state index in [-0.39, 0.29) is 30.1 Å². The Labute approximate surface area is 187 Å². The van der Waals surface area contributed by atoms with Gasteiger partial charge in [-0.25, -0.2) is 13.1 Å². The number of aryl methyl sites for hydroxylation is 1. The van der Waals surface area contributed by atoms with Gasteiger partial charge in [-0.2, -0.15) is 5.10 Å². The summed E-state index contributed by atoms with van der Waals surface area (Å²) in [6, 6.07) is 16.2.